The molecule has 2 atom stereocenters. The van der Waals surface area contributed by atoms with Gasteiger partial charge in [0.1, 0.15) is 0 Å². The van der Waals surface area contributed by atoms with E-state index in [-0.39, 0.29) is 11.6 Å². The Morgan fingerprint density at radius 2 is 2.31 bits per heavy atom. The average Bonchev–Trinajstić information content (AvgIpc) is 2.93. The summed E-state index contributed by atoms with van der Waals surface area (Å²) in [4.78, 5) is 16.1. The Labute approximate surface area is 95.7 Å². The lowest BCUT2D eigenvalue weighted by atomic mass is 10.3. The third-order valence-corrected chi connectivity index (χ3v) is 3.23. The Bertz CT molecular complexity index is 425. The van der Waals surface area contributed by atoms with Gasteiger partial charge in [0.15, 0.2) is 5.82 Å². The number of nitrogens with zero attached hydrogens (tertiary/aromatic N) is 2. The lowest BCUT2D eigenvalue weighted by Gasteiger charge is -2.11. The van der Waals surface area contributed by atoms with Gasteiger partial charge < -0.3 is 9.88 Å². The summed E-state index contributed by atoms with van der Waals surface area (Å²) in [5.74, 6) is 1.99. The summed E-state index contributed by atoms with van der Waals surface area (Å²) in [5, 5.41) is 3.16. The first kappa shape index (κ1) is 11.2. The maximum atomic E-state index is 12.0. The van der Waals surface area contributed by atoms with Crippen molar-refractivity contribution in [2.24, 2.45) is 11.8 Å². The minimum Gasteiger partial charge on any atom is -0.365 e. The van der Waals surface area contributed by atoms with Gasteiger partial charge in [0.25, 0.3) is 5.56 Å². The normalized spacial score (nSPS) is 23.5. The van der Waals surface area contributed by atoms with Crippen molar-refractivity contribution in [2.45, 2.75) is 33.2 Å². The molecule has 0 saturated heterocycles. The minimum absolute atomic E-state index is 0.0224. The van der Waals surface area contributed by atoms with E-state index in [9.17, 15) is 4.79 Å². The van der Waals surface area contributed by atoms with E-state index in [1.165, 1.54) is 6.42 Å². The molecular formula is C12H19N3O. The summed E-state index contributed by atoms with van der Waals surface area (Å²) >= 11 is 0. The zero-order valence-electron chi connectivity index (χ0n) is 10.1. The topological polar surface area (TPSA) is 46.9 Å². The number of aromatic nitrogens is 2. The van der Waals surface area contributed by atoms with Gasteiger partial charge in [-0.15, -0.1) is 0 Å². The molecule has 0 radical (unpaired) electrons. The van der Waals surface area contributed by atoms with Gasteiger partial charge in [-0.2, -0.15) is 0 Å². The Hall–Kier alpha value is -1.32. The van der Waals surface area contributed by atoms with Gasteiger partial charge in [-0.05, 0) is 32.1 Å². The van der Waals surface area contributed by atoms with Gasteiger partial charge >= 0.3 is 0 Å². The summed E-state index contributed by atoms with van der Waals surface area (Å²) < 4.78 is 1.70. The van der Waals surface area contributed by atoms with E-state index in [1.54, 1.807) is 17.0 Å². The van der Waals surface area contributed by atoms with E-state index >= 15 is 0 Å². The highest BCUT2D eigenvalue weighted by Crippen LogP contribution is 2.37. The summed E-state index contributed by atoms with van der Waals surface area (Å²) in [5.41, 5.74) is -0.0224. The summed E-state index contributed by atoms with van der Waals surface area (Å²) in [6, 6.07) is 0.177. The van der Waals surface area contributed by atoms with Crippen molar-refractivity contribution in [3.63, 3.8) is 0 Å². The first-order valence-electron chi connectivity index (χ1n) is 5.90. The Morgan fingerprint density at radius 3 is 2.88 bits per heavy atom. The van der Waals surface area contributed by atoms with Crippen molar-refractivity contribution >= 4 is 5.82 Å². The van der Waals surface area contributed by atoms with Crippen LogP contribution in [0.25, 0.3) is 0 Å². The fourth-order valence-corrected chi connectivity index (χ4v) is 1.86. The molecule has 2 unspecified atom stereocenters. The predicted octanol–water partition coefficient (Wildman–Crippen LogP) is 1.89. The van der Waals surface area contributed by atoms with Crippen LogP contribution in [0.3, 0.4) is 0 Å². The van der Waals surface area contributed by atoms with Gasteiger partial charge in [0.05, 0.1) is 0 Å². The molecule has 4 heteroatoms. The minimum atomic E-state index is -0.0224. The monoisotopic (exact) mass is 221 g/mol. The highest BCUT2D eigenvalue weighted by Gasteiger charge is 2.32. The molecule has 1 heterocycles. The van der Waals surface area contributed by atoms with E-state index < -0.39 is 0 Å². The van der Waals surface area contributed by atoms with Crippen molar-refractivity contribution in [1.82, 2.24) is 9.55 Å². The highest BCUT2D eigenvalue weighted by molar-refractivity contribution is 5.31. The zero-order valence-corrected chi connectivity index (χ0v) is 10.1. The smallest absolute Gasteiger partial charge is 0.293 e. The molecule has 1 N–H and O–H groups in total. The second-order valence-corrected chi connectivity index (χ2v) is 4.94. The fraction of sp³-hybridized carbons (Fsp3) is 0.667. The number of anilines is 1. The van der Waals surface area contributed by atoms with E-state index in [4.69, 9.17) is 0 Å². The second-order valence-electron chi connectivity index (χ2n) is 4.94. The van der Waals surface area contributed by atoms with Gasteiger partial charge in [0.2, 0.25) is 0 Å². The van der Waals surface area contributed by atoms with Crippen LogP contribution in [0.2, 0.25) is 0 Å². The van der Waals surface area contributed by atoms with Gasteiger partial charge in [-0.3, -0.25) is 4.79 Å². The molecule has 88 valence electrons. The van der Waals surface area contributed by atoms with Crippen molar-refractivity contribution < 1.29 is 0 Å². The van der Waals surface area contributed by atoms with Crippen LogP contribution in [0.4, 0.5) is 5.82 Å². The lowest BCUT2D eigenvalue weighted by Crippen LogP contribution is -2.26. The predicted molar refractivity (Wildman–Crippen MR) is 64.6 cm³/mol. The van der Waals surface area contributed by atoms with Crippen molar-refractivity contribution in [2.75, 3.05) is 11.9 Å². The van der Waals surface area contributed by atoms with Crippen LogP contribution in [0.15, 0.2) is 17.2 Å². The molecule has 0 bridgehead atoms. The van der Waals surface area contributed by atoms with Crippen LogP contribution in [0.1, 0.15) is 33.2 Å². The molecule has 4 nitrogen and oxygen atoms in total. The van der Waals surface area contributed by atoms with Crippen LogP contribution in [-0.2, 0) is 0 Å². The maximum absolute atomic E-state index is 12.0. The molecule has 0 aliphatic heterocycles. The first-order chi connectivity index (χ1) is 7.59. The van der Waals surface area contributed by atoms with Crippen LogP contribution in [-0.4, -0.2) is 16.1 Å². The highest BCUT2D eigenvalue weighted by atomic mass is 16.1. The van der Waals surface area contributed by atoms with Gasteiger partial charge in [-0.25, -0.2) is 4.98 Å². The van der Waals surface area contributed by atoms with Gasteiger partial charge in [-0.1, -0.05) is 6.92 Å². The molecule has 16 heavy (non-hydrogen) atoms. The van der Waals surface area contributed by atoms with E-state index in [0.717, 1.165) is 12.5 Å². The Kier molecular flexibility index (Phi) is 2.99. The molecule has 1 aliphatic rings. The Balaban J connectivity index is 2.09. The number of rotatable bonds is 4. The molecule has 1 aliphatic carbocycles. The molecule has 1 saturated carbocycles. The largest absolute Gasteiger partial charge is 0.365 e. The van der Waals surface area contributed by atoms with Crippen LogP contribution in [0, 0.1) is 11.8 Å². The third-order valence-electron chi connectivity index (χ3n) is 3.23. The van der Waals surface area contributed by atoms with E-state index in [2.05, 4.69) is 17.2 Å². The van der Waals surface area contributed by atoms with Crippen LogP contribution >= 0.6 is 0 Å². The fourth-order valence-electron chi connectivity index (χ4n) is 1.86. The Morgan fingerprint density at radius 1 is 1.62 bits per heavy atom. The molecule has 1 aromatic heterocycles. The quantitative estimate of drug-likeness (QED) is 0.844. The second kappa shape index (κ2) is 4.28. The molecular weight excluding hydrogens is 202 g/mol. The standard InChI is InChI=1S/C12H19N3O/c1-8(2)15-5-4-13-11(12(15)16)14-7-10-6-9(10)3/h4-5,8-10H,6-7H2,1-3H3,(H,13,14). The summed E-state index contributed by atoms with van der Waals surface area (Å²) in [7, 11) is 0. The van der Waals surface area contributed by atoms with Crippen LogP contribution < -0.4 is 10.9 Å². The van der Waals surface area contributed by atoms with E-state index in [1.807, 2.05) is 13.8 Å². The number of hydrogen-bond donors (Lipinski definition) is 1. The summed E-state index contributed by atoms with van der Waals surface area (Å²) in [6.45, 7) is 7.09. The first-order valence-corrected chi connectivity index (χ1v) is 5.90. The SMILES string of the molecule is CC1CC1CNc1nccn(C(C)C)c1=O. The van der Waals surface area contributed by atoms with Crippen molar-refractivity contribution in [3.05, 3.63) is 22.7 Å². The number of nitrogens with one attached hydrogen (secondary N) is 1. The van der Waals surface area contributed by atoms with E-state index in [0.29, 0.717) is 11.7 Å². The maximum Gasteiger partial charge on any atom is 0.293 e. The zero-order chi connectivity index (χ0) is 11.7. The average molecular weight is 221 g/mol. The van der Waals surface area contributed by atoms with Crippen LogP contribution in [0.5, 0.6) is 0 Å². The lowest BCUT2D eigenvalue weighted by molar-refractivity contribution is 0.575. The van der Waals surface area contributed by atoms with Gasteiger partial charge in [0, 0.05) is 25.0 Å². The van der Waals surface area contributed by atoms with Crippen molar-refractivity contribution in [1.29, 1.82) is 0 Å². The molecule has 0 amide bonds. The van der Waals surface area contributed by atoms with Crippen molar-refractivity contribution in [3.8, 4) is 0 Å². The third kappa shape index (κ3) is 2.26. The summed E-state index contributed by atoms with van der Waals surface area (Å²) in [6.07, 6.45) is 4.68. The molecule has 0 spiro atoms. The molecule has 1 fully saturated rings. The number of hydrogen-bond acceptors (Lipinski definition) is 3. The molecule has 2 rings (SSSR count). The molecule has 1 aromatic rings. The molecule has 0 aromatic carbocycles.